The van der Waals surface area contributed by atoms with Crippen molar-refractivity contribution in [3.63, 3.8) is 0 Å². The molecule has 1 saturated heterocycles. The molecule has 0 radical (unpaired) electrons. The molecule has 0 saturated carbocycles. The molecule has 6 nitrogen and oxygen atoms in total. The van der Waals surface area contributed by atoms with Crippen LogP contribution in [0.3, 0.4) is 0 Å². The fourth-order valence-electron chi connectivity index (χ4n) is 3.44. The number of amides is 1. The lowest BCUT2D eigenvalue weighted by atomic mass is 10.1. The summed E-state index contributed by atoms with van der Waals surface area (Å²) < 4.78 is 10.8. The molecule has 1 atom stereocenters. The Morgan fingerprint density at radius 2 is 2.00 bits per heavy atom. The van der Waals surface area contributed by atoms with Crippen molar-refractivity contribution in [2.75, 3.05) is 32.8 Å². The lowest BCUT2D eigenvalue weighted by Gasteiger charge is -2.33. The van der Waals surface area contributed by atoms with Crippen LogP contribution >= 0.6 is 23.2 Å². The molecular formula is C23H26Cl2N2O4. The Hall–Kier alpha value is -2.12. The lowest BCUT2D eigenvalue weighted by molar-refractivity contribution is -0.121. The van der Waals surface area contributed by atoms with Crippen LogP contribution in [-0.4, -0.2) is 55.7 Å². The first-order valence-corrected chi connectivity index (χ1v) is 11.0. The minimum absolute atomic E-state index is 0.0914. The predicted octanol–water partition coefficient (Wildman–Crippen LogP) is 3.73. The average Bonchev–Trinajstić information content (AvgIpc) is 2.75. The van der Waals surface area contributed by atoms with Crippen molar-refractivity contribution >= 4 is 35.1 Å². The third kappa shape index (κ3) is 7.21. The van der Waals surface area contributed by atoms with Gasteiger partial charge in [-0.3, -0.25) is 9.69 Å². The fraction of sp³-hybridized carbons (Fsp3) is 0.391. The molecule has 0 bridgehead atoms. The summed E-state index contributed by atoms with van der Waals surface area (Å²) in [4.78, 5) is 26.5. The zero-order chi connectivity index (χ0) is 22.2. The van der Waals surface area contributed by atoms with Gasteiger partial charge in [-0.2, -0.15) is 0 Å². The molecule has 3 rings (SSSR count). The van der Waals surface area contributed by atoms with Gasteiger partial charge in [0, 0.05) is 26.2 Å². The van der Waals surface area contributed by atoms with Gasteiger partial charge in [0.25, 0.3) is 0 Å². The molecule has 1 aliphatic rings. The molecule has 8 heteroatoms. The summed E-state index contributed by atoms with van der Waals surface area (Å²) in [6, 6.07) is 12.6. The number of esters is 1. The van der Waals surface area contributed by atoms with Crippen LogP contribution in [0, 0.1) is 0 Å². The van der Waals surface area contributed by atoms with E-state index in [-0.39, 0.29) is 24.4 Å². The van der Waals surface area contributed by atoms with Gasteiger partial charge in [0.05, 0.1) is 41.3 Å². The second-order valence-electron chi connectivity index (χ2n) is 7.38. The van der Waals surface area contributed by atoms with Crippen molar-refractivity contribution in [2.24, 2.45) is 0 Å². The van der Waals surface area contributed by atoms with Gasteiger partial charge < -0.3 is 14.8 Å². The predicted molar refractivity (Wildman–Crippen MR) is 121 cm³/mol. The van der Waals surface area contributed by atoms with Crippen LogP contribution in [0.5, 0.6) is 0 Å². The maximum absolute atomic E-state index is 12.4. The van der Waals surface area contributed by atoms with Gasteiger partial charge in [0.1, 0.15) is 0 Å². The third-order valence-corrected chi connectivity index (χ3v) is 5.68. The highest BCUT2D eigenvalue weighted by atomic mass is 35.5. The minimum atomic E-state index is -0.387. The van der Waals surface area contributed by atoms with Crippen molar-refractivity contribution < 1.29 is 19.1 Å². The summed E-state index contributed by atoms with van der Waals surface area (Å²) in [5, 5.41) is 4.02. The van der Waals surface area contributed by atoms with Crippen molar-refractivity contribution in [1.82, 2.24) is 10.2 Å². The van der Waals surface area contributed by atoms with E-state index in [1.165, 1.54) is 0 Å². The molecule has 0 spiro atoms. The highest BCUT2D eigenvalue weighted by Gasteiger charge is 2.21. The molecule has 1 fully saturated rings. The maximum Gasteiger partial charge on any atom is 0.338 e. The summed E-state index contributed by atoms with van der Waals surface area (Å²) in [7, 11) is 0. The number of carbonyl (C=O) groups excluding carboxylic acids is 2. The third-order valence-electron chi connectivity index (χ3n) is 4.94. The van der Waals surface area contributed by atoms with E-state index >= 15 is 0 Å². The molecule has 0 aromatic heterocycles. The SMILES string of the molecule is CCOC(=O)c1cccc(CC(=O)NC[C@H]2CN(Cc3ccc(Cl)c(Cl)c3)CCO2)c1. The smallest absolute Gasteiger partial charge is 0.338 e. The van der Waals surface area contributed by atoms with Crippen LogP contribution < -0.4 is 5.32 Å². The van der Waals surface area contributed by atoms with E-state index in [1.807, 2.05) is 18.2 Å². The Morgan fingerprint density at radius 3 is 2.77 bits per heavy atom. The molecule has 2 aromatic rings. The number of nitrogens with zero attached hydrogens (tertiary/aromatic N) is 1. The van der Waals surface area contributed by atoms with E-state index in [0.29, 0.717) is 41.9 Å². The van der Waals surface area contributed by atoms with Gasteiger partial charge in [-0.15, -0.1) is 0 Å². The van der Waals surface area contributed by atoms with Crippen LogP contribution in [0.1, 0.15) is 28.4 Å². The molecule has 1 heterocycles. The molecule has 1 aliphatic heterocycles. The van der Waals surface area contributed by atoms with Crippen LogP contribution in [0.25, 0.3) is 0 Å². The Kier molecular flexibility index (Phi) is 8.72. The number of benzene rings is 2. The van der Waals surface area contributed by atoms with Crippen molar-refractivity contribution in [2.45, 2.75) is 26.0 Å². The molecule has 2 aromatic carbocycles. The van der Waals surface area contributed by atoms with Crippen LogP contribution in [0.2, 0.25) is 10.0 Å². The van der Waals surface area contributed by atoms with Crippen molar-refractivity contribution in [3.8, 4) is 0 Å². The number of carbonyl (C=O) groups is 2. The minimum Gasteiger partial charge on any atom is -0.462 e. The Labute approximate surface area is 192 Å². The number of rotatable bonds is 8. The van der Waals surface area contributed by atoms with E-state index in [2.05, 4.69) is 10.2 Å². The summed E-state index contributed by atoms with van der Waals surface area (Å²) in [5.41, 5.74) is 2.29. The summed E-state index contributed by atoms with van der Waals surface area (Å²) in [6.07, 6.45) is 0.0961. The topological polar surface area (TPSA) is 67.9 Å². The number of morpholine rings is 1. The van der Waals surface area contributed by atoms with Gasteiger partial charge in [-0.1, -0.05) is 41.4 Å². The molecule has 1 N–H and O–H groups in total. The van der Waals surface area contributed by atoms with Crippen LogP contribution in [-0.2, 0) is 27.2 Å². The first-order valence-electron chi connectivity index (χ1n) is 10.2. The quantitative estimate of drug-likeness (QED) is 0.602. The van der Waals surface area contributed by atoms with E-state index < -0.39 is 0 Å². The second-order valence-corrected chi connectivity index (χ2v) is 8.19. The number of halogens is 2. The van der Waals surface area contributed by atoms with E-state index in [4.69, 9.17) is 32.7 Å². The van der Waals surface area contributed by atoms with Gasteiger partial charge >= 0.3 is 5.97 Å². The Balaban J connectivity index is 1.47. The molecule has 31 heavy (non-hydrogen) atoms. The first kappa shape index (κ1) is 23.5. The maximum atomic E-state index is 12.4. The largest absolute Gasteiger partial charge is 0.462 e. The highest BCUT2D eigenvalue weighted by molar-refractivity contribution is 6.42. The van der Waals surface area contributed by atoms with Crippen molar-refractivity contribution in [3.05, 3.63) is 69.2 Å². The van der Waals surface area contributed by atoms with E-state index in [0.717, 1.165) is 24.2 Å². The Morgan fingerprint density at radius 1 is 1.16 bits per heavy atom. The average molecular weight is 465 g/mol. The molecule has 1 amide bonds. The van der Waals surface area contributed by atoms with Gasteiger partial charge in [-0.05, 0) is 42.3 Å². The molecule has 166 valence electrons. The first-order chi connectivity index (χ1) is 14.9. The summed E-state index contributed by atoms with van der Waals surface area (Å²) in [6.45, 7) is 5.36. The molecule has 0 aliphatic carbocycles. The second kappa shape index (κ2) is 11.5. The van der Waals surface area contributed by atoms with Gasteiger partial charge in [0.15, 0.2) is 0 Å². The van der Waals surface area contributed by atoms with Gasteiger partial charge in [0.2, 0.25) is 5.91 Å². The van der Waals surface area contributed by atoms with Crippen LogP contribution in [0.4, 0.5) is 0 Å². The normalized spacial score (nSPS) is 16.7. The standard InChI is InChI=1S/C23H26Cl2N2O4/c1-2-30-23(29)18-5-3-4-16(10-18)12-22(28)26-13-19-15-27(8-9-31-19)14-17-6-7-20(24)21(25)11-17/h3-7,10-11,19H,2,8-9,12-15H2,1H3,(H,26,28)/t19-/m0/s1. The summed E-state index contributed by atoms with van der Waals surface area (Å²) in [5.74, 6) is -0.506. The lowest BCUT2D eigenvalue weighted by Crippen LogP contribution is -2.47. The van der Waals surface area contributed by atoms with Crippen LogP contribution in [0.15, 0.2) is 42.5 Å². The van der Waals surface area contributed by atoms with E-state index in [9.17, 15) is 9.59 Å². The summed E-state index contributed by atoms with van der Waals surface area (Å²) >= 11 is 12.1. The molecular weight excluding hydrogens is 439 g/mol. The van der Waals surface area contributed by atoms with Gasteiger partial charge in [-0.25, -0.2) is 4.79 Å². The molecule has 0 unspecified atom stereocenters. The number of hydrogen-bond donors (Lipinski definition) is 1. The van der Waals surface area contributed by atoms with E-state index in [1.54, 1.807) is 31.2 Å². The zero-order valence-electron chi connectivity index (χ0n) is 17.4. The highest BCUT2D eigenvalue weighted by Crippen LogP contribution is 2.23. The Bertz CT molecular complexity index is 922. The number of ether oxygens (including phenoxy) is 2. The number of hydrogen-bond acceptors (Lipinski definition) is 5. The van der Waals surface area contributed by atoms with Crippen molar-refractivity contribution in [1.29, 1.82) is 0 Å². The number of nitrogens with one attached hydrogen (secondary N) is 1. The zero-order valence-corrected chi connectivity index (χ0v) is 18.9. The fourth-order valence-corrected chi connectivity index (χ4v) is 3.76. The monoisotopic (exact) mass is 464 g/mol.